The largest absolute Gasteiger partial charge is 0.417 e. The van der Waals surface area contributed by atoms with Crippen LogP contribution in [0.4, 0.5) is 13.2 Å². The molecule has 2 aromatic rings. The van der Waals surface area contributed by atoms with Crippen molar-refractivity contribution in [1.82, 2.24) is 10.6 Å². The molecule has 0 bridgehead atoms. The quantitative estimate of drug-likeness (QED) is 0.631. The summed E-state index contributed by atoms with van der Waals surface area (Å²) >= 11 is 0. The predicted molar refractivity (Wildman–Crippen MR) is 113 cm³/mol. The molecule has 166 valence electrons. The molecule has 7 heteroatoms. The molecule has 0 spiro atoms. The first kappa shape index (κ1) is 22.8. The van der Waals surface area contributed by atoms with Crippen molar-refractivity contribution in [2.75, 3.05) is 0 Å². The molecule has 3 rings (SSSR count). The molecule has 0 radical (unpaired) electrons. The van der Waals surface area contributed by atoms with Crippen LogP contribution in [0.5, 0.6) is 0 Å². The fourth-order valence-corrected chi connectivity index (χ4v) is 4.47. The number of halogens is 3. The second kappa shape index (κ2) is 8.73. The summed E-state index contributed by atoms with van der Waals surface area (Å²) in [6.07, 6.45) is -1.27. The van der Waals surface area contributed by atoms with Crippen molar-refractivity contribution < 1.29 is 22.8 Å². The highest BCUT2D eigenvalue weighted by atomic mass is 19.4. The molecule has 1 saturated carbocycles. The first-order chi connectivity index (χ1) is 14.5. The lowest BCUT2D eigenvalue weighted by Gasteiger charge is -2.39. The number of hydrogen-bond acceptors (Lipinski definition) is 2. The molecule has 4 nitrogen and oxygen atoms in total. The molecule has 0 heterocycles. The summed E-state index contributed by atoms with van der Waals surface area (Å²) < 4.78 is 40.2. The van der Waals surface area contributed by atoms with E-state index in [1.165, 1.54) is 12.1 Å². The molecule has 0 unspecified atom stereocenters. The van der Waals surface area contributed by atoms with E-state index in [0.29, 0.717) is 18.4 Å². The Morgan fingerprint density at radius 1 is 0.871 bits per heavy atom. The lowest BCUT2D eigenvalue weighted by molar-refractivity contribution is -0.138. The van der Waals surface area contributed by atoms with Crippen molar-refractivity contribution in [2.24, 2.45) is 0 Å². The van der Waals surface area contributed by atoms with Gasteiger partial charge in [0.15, 0.2) is 0 Å². The van der Waals surface area contributed by atoms with Crippen molar-refractivity contribution in [1.29, 1.82) is 0 Å². The minimum Gasteiger partial charge on any atom is -0.329 e. The van der Waals surface area contributed by atoms with Gasteiger partial charge < -0.3 is 10.6 Å². The maximum Gasteiger partial charge on any atom is 0.417 e. The van der Waals surface area contributed by atoms with Crippen LogP contribution in [0.3, 0.4) is 0 Å². The minimum atomic E-state index is -4.65. The SMILES string of the molecule is Cc1cc(C)c(C(=O)NC2(NC(=O)c3ccccc3C(F)(F)F)CCCCC2)c(C)c1. The summed E-state index contributed by atoms with van der Waals surface area (Å²) in [7, 11) is 0. The molecule has 1 aliphatic carbocycles. The highest BCUT2D eigenvalue weighted by Crippen LogP contribution is 2.33. The van der Waals surface area contributed by atoms with Gasteiger partial charge in [0.1, 0.15) is 5.66 Å². The Balaban J connectivity index is 1.91. The fraction of sp³-hybridized carbons (Fsp3) is 0.417. The summed E-state index contributed by atoms with van der Waals surface area (Å²) in [5.41, 5.74) is 0.669. The van der Waals surface area contributed by atoms with Crippen LogP contribution in [0.2, 0.25) is 0 Å². The maximum absolute atomic E-state index is 13.4. The van der Waals surface area contributed by atoms with E-state index >= 15 is 0 Å². The number of rotatable bonds is 4. The molecule has 1 fully saturated rings. The van der Waals surface area contributed by atoms with Crippen molar-refractivity contribution in [3.63, 3.8) is 0 Å². The van der Waals surface area contributed by atoms with Crippen LogP contribution < -0.4 is 10.6 Å². The molecule has 0 aromatic heterocycles. The standard InChI is InChI=1S/C24H27F3N2O2/c1-15-13-16(2)20(17(3)14-15)22(31)29-23(11-7-4-8-12-23)28-21(30)18-9-5-6-10-19(18)24(25,26)27/h5-6,9-10,13-14H,4,7-8,11-12H2,1-3H3,(H,28,30)(H,29,31). The third-order valence-corrected chi connectivity index (χ3v) is 5.79. The first-order valence-electron chi connectivity index (χ1n) is 10.4. The van der Waals surface area contributed by atoms with Gasteiger partial charge in [-0.25, -0.2) is 0 Å². The zero-order valence-electron chi connectivity index (χ0n) is 18.0. The van der Waals surface area contributed by atoms with Crippen LogP contribution in [0.15, 0.2) is 36.4 Å². The average molecular weight is 432 g/mol. The van der Waals surface area contributed by atoms with Crippen molar-refractivity contribution in [3.05, 3.63) is 69.8 Å². The van der Waals surface area contributed by atoms with Gasteiger partial charge in [0.05, 0.1) is 11.1 Å². The van der Waals surface area contributed by atoms with E-state index in [1.807, 2.05) is 32.9 Å². The lowest BCUT2D eigenvalue weighted by Crippen LogP contribution is -2.61. The zero-order valence-corrected chi connectivity index (χ0v) is 18.0. The summed E-state index contributed by atoms with van der Waals surface area (Å²) in [6.45, 7) is 5.64. The molecule has 31 heavy (non-hydrogen) atoms. The van der Waals surface area contributed by atoms with Gasteiger partial charge in [0.25, 0.3) is 11.8 Å². The number of amides is 2. The monoisotopic (exact) mass is 432 g/mol. The number of nitrogens with one attached hydrogen (secondary N) is 2. The molecular weight excluding hydrogens is 405 g/mol. The van der Waals surface area contributed by atoms with E-state index in [9.17, 15) is 22.8 Å². The summed E-state index contributed by atoms with van der Waals surface area (Å²) in [6, 6.07) is 8.52. The summed E-state index contributed by atoms with van der Waals surface area (Å²) in [5, 5.41) is 5.70. The second-order valence-corrected chi connectivity index (χ2v) is 8.37. The number of carbonyl (C=O) groups excluding carboxylic acids is 2. The van der Waals surface area contributed by atoms with Gasteiger partial charge in [-0.05, 0) is 69.7 Å². The Morgan fingerprint density at radius 2 is 1.42 bits per heavy atom. The third kappa shape index (κ3) is 5.09. The normalized spacial score (nSPS) is 15.9. The highest BCUT2D eigenvalue weighted by molar-refractivity contribution is 5.99. The molecule has 2 amide bonds. The van der Waals surface area contributed by atoms with Crippen molar-refractivity contribution >= 4 is 11.8 Å². The molecule has 2 N–H and O–H groups in total. The van der Waals surface area contributed by atoms with E-state index < -0.39 is 28.9 Å². The Bertz CT molecular complexity index is 970. The van der Waals surface area contributed by atoms with Crippen LogP contribution in [0.1, 0.15) is 75.1 Å². The topological polar surface area (TPSA) is 58.2 Å². The lowest BCUT2D eigenvalue weighted by atomic mass is 9.87. The average Bonchev–Trinajstić information content (AvgIpc) is 2.67. The van der Waals surface area contributed by atoms with E-state index in [0.717, 1.165) is 48.1 Å². The zero-order chi connectivity index (χ0) is 22.8. The van der Waals surface area contributed by atoms with Gasteiger partial charge in [0, 0.05) is 5.56 Å². The van der Waals surface area contributed by atoms with E-state index in [1.54, 1.807) is 0 Å². The number of aryl methyl sites for hydroxylation is 3. The van der Waals surface area contributed by atoms with E-state index in [2.05, 4.69) is 10.6 Å². The number of carbonyl (C=O) groups is 2. The Morgan fingerprint density at radius 3 is 2.00 bits per heavy atom. The Kier molecular flexibility index (Phi) is 6.43. The highest BCUT2D eigenvalue weighted by Gasteiger charge is 2.39. The number of benzene rings is 2. The summed E-state index contributed by atoms with van der Waals surface area (Å²) in [4.78, 5) is 26.1. The molecule has 1 aliphatic rings. The van der Waals surface area contributed by atoms with Crippen LogP contribution in [-0.2, 0) is 6.18 Å². The van der Waals surface area contributed by atoms with Crippen LogP contribution in [-0.4, -0.2) is 17.5 Å². The minimum absolute atomic E-state index is 0.332. The number of hydrogen-bond donors (Lipinski definition) is 2. The maximum atomic E-state index is 13.4. The van der Waals surface area contributed by atoms with E-state index in [-0.39, 0.29) is 5.91 Å². The van der Waals surface area contributed by atoms with Gasteiger partial charge in [0.2, 0.25) is 0 Å². The van der Waals surface area contributed by atoms with Gasteiger partial charge in [-0.15, -0.1) is 0 Å². The molecular formula is C24H27F3N2O2. The number of alkyl halides is 3. The van der Waals surface area contributed by atoms with Gasteiger partial charge >= 0.3 is 6.18 Å². The fourth-order valence-electron chi connectivity index (χ4n) is 4.47. The summed E-state index contributed by atoms with van der Waals surface area (Å²) in [5.74, 6) is -1.17. The molecule has 0 saturated heterocycles. The molecule has 0 aliphatic heterocycles. The third-order valence-electron chi connectivity index (χ3n) is 5.79. The van der Waals surface area contributed by atoms with Gasteiger partial charge in [-0.3, -0.25) is 9.59 Å². The van der Waals surface area contributed by atoms with Gasteiger partial charge in [-0.1, -0.05) is 36.2 Å². The van der Waals surface area contributed by atoms with Crippen LogP contribution >= 0.6 is 0 Å². The second-order valence-electron chi connectivity index (χ2n) is 8.37. The van der Waals surface area contributed by atoms with Crippen LogP contribution in [0, 0.1) is 20.8 Å². The van der Waals surface area contributed by atoms with Gasteiger partial charge in [-0.2, -0.15) is 13.2 Å². The van der Waals surface area contributed by atoms with E-state index in [4.69, 9.17) is 0 Å². The van der Waals surface area contributed by atoms with Crippen LogP contribution in [0.25, 0.3) is 0 Å². The molecule has 0 atom stereocenters. The predicted octanol–water partition coefficient (Wildman–Crippen LogP) is 5.45. The Labute approximate surface area is 180 Å². The smallest absolute Gasteiger partial charge is 0.329 e. The van der Waals surface area contributed by atoms with Crippen molar-refractivity contribution in [3.8, 4) is 0 Å². The molecule has 2 aromatic carbocycles. The first-order valence-corrected chi connectivity index (χ1v) is 10.4. The Hall–Kier alpha value is -2.83. The van der Waals surface area contributed by atoms with Crippen molar-refractivity contribution in [2.45, 2.75) is 64.7 Å².